The van der Waals surface area contributed by atoms with Gasteiger partial charge in [0.2, 0.25) is 21.8 Å². The molecule has 0 aliphatic heterocycles. The van der Waals surface area contributed by atoms with Crippen molar-refractivity contribution in [2.45, 2.75) is 19.8 Å². The highest BCUT2D eigenvalue weighted by atomic mass is 32.2. The molecule has 1 aliphatic rings. The predicted octanol–water partition coefficient (Wildman–Crippen LogP) is 0.937. The Kier molecular flexibility index (Phi) is 5.25. The Morgan fingerprint density at radius 1 is 1.30 bits per heavy atom. The summed E-state index contributed by atoms with van der Waals surface area (Å²) in [5.41, 5.74) is 0.963. The van der Waals surface area contributed by atoms with E-state index in [1.54, 1.807) is 24.3 Å². The number of carbonyl (C=O) groups excluding carboxylic acids is 2. The van der Waals surface area contributed by atoms with Crippen LogP contribution in [0, 0.1) is 5.92 Å². The van der Waals surface area contributed by atoms with Crippen molar-refractivity contribution >= 4 is 33.2 Å². The van der Waals surface area contributed by atoms with Crippen molar-refractivity contribution in [2.24, 2.45) is 5.92 Å². The van der Waals surface area contributed by atoms with Gasteiger partial charge in [0.15, 0.2) is 0 Å². The molecular weight excluding hydrogens is 318 g/mol. The minimum Gasteiger partial charge on any atom is -0.354 e. The van der Waals surface area contributed by atoms with E-state index in [-0.39, 0.29) is 30.8 Å². The van der Waals surface area contributed by atoms with Gasteiger partial charge in [0, 0.05) is 25.1 Å². The van der Waals surface area contributed by atoms with E-state index in [1.165, 1.54) is 11.2 Å². The van der Waals surface area contributed by atoms with Crippen LogP contribution >= 0.6 is 0 Å². The Bertz CT molecular complexity index is 698. The number of nitrogens with one attached hydrogen (secondary N) is 2. The van der Waals surface area contributed by atoms with Crippen LogP contribution in [-0.2, 0) is 19.6 Å². The van der Waals surface area contributed by atoms with Gasteiger partial charge in [-0.2, -0.15) is 0 Å². The third-order valence-corrected chi connectivity index (χ3v) is 4.61. The second-order valence-electron chi connectivity index (χ2n) is 5.63. The third-order valence-electron chi connectivity index (χ3n) is 3.42. The normalized spacial score (nSPS) is 14.2. The molecule has 0 atom stereocenters. The van der Waals surface area contributed by atoms with Crippen molar-refractivity contribution in [2.75, 3.05) is 29.0 Å². The topological polar surface area (TPSA) is 95.6 Å². The van der Waals surface area contributed by atoms with Crippen LogP contribution in [0.3, 0.4) is 0 Å². The quantitative estimate of drug-likeness (QED) is 0.773. The van der Waals surface area contributed by atoms with E-state index < -0.39 is 10.0 Å². The molecule has 1 fully saturated rings. The van der Waals surface area contributed by atoms with Crippen molar-refractivity contribution in [1.29, 1.82) is 0 Å². The molecule has 0 heterocycles. The highest BCUT2D eigenvalue weighted by Gasteiger charge is 2.29. The summed E-state index contributed by atoms with van der Waals surface area (Å²) >= 11 is 0. The predicted molar refractivity (Wildman–Crippen MR) is 88.7 cm³/mol. The van der Waals surface area contributed by atoms with Gasteiger partial charge >= 0.3 is 0 Å². The summed E-state index contributed by atoms with van der Waals surface area (Å²) in [4.78, 5) is 22.7. The SMILES string of the molecule is CC(=O)Nc1cccc(N(CCNC(=O)C2CC2)S(C)(=O)=O)c1. The average molecular weight is 339 g/mol. The third kappa shape index (κ3) is 5.24. The van der Waals surface area contributed by atoms with Gasteiger partial charge in [-0.05, 0) is 31.0 Å². The highest BCUT2D eigenvalue weighted by molar-refractivity contribution is 7.92. The molecule has 0 saturated heterocycles. The smallest absolute Gasteiger partial charge is 0.232 e. The Morgan fingerprint density at radius 3 is 2.57 bits per heavy atom. The van der Waals surface area contributed by atoms with E-state index in [2.05, 4.69) is 10.6 Å². The number of benzene rings is 1. The number of rotatable bonds is 7. The molecule has 0 unspecified atom stereocenters. The minimum absolute atomic E-state index is 0.0227. The molecule has 1 aliphatic carbocycles. The summed E-state index contributed by atoms with van der Waals surface area (Å²) in [5.74, 6) is -0.167. The van der Waals surface area contributed by atoms with Crippen LogP contribution in [-0.4, -0.2) is 39.6 Å². The van der Waals surface area contributed by atoms with Gasteiger partial charge in [0.25, 0.3) is 0 Å². The number of carbonyl (C=O) groups is 2. The van der Waals surface area contributed by atoms with Crippen molar-refractivity contribution in [3.63, 3.8) is 0 Å². The van der Waals surface area contributed by atoms with E-state index in [0.29, 0.717) is 11.4 Å². The number of sulfonamides is 1. The van der Waals surface area contributed by atoms with Crippen molar-refractivity contribution < 1.29 is 18.0 Å². The summed E-state index contributed by atoms with van der Waals surface area (Å²) < 4.78 is 25.2. The Labute approximate surface area is 136 Å². The first kappa shape index (κ1) is 17.3. The van der Waals surface area contributed by atoms with Gasteiger partial charge in [-0.1, -0.05) is 6.07 Å². The summed E-state index contributed by atoms with van der Waals surface area (Å²) in [7, 11) is -3.50. The molecular formula is C15H21N3O4S. The highest BCUT2D eigenvalue weighted by Crippen LogP contribution is 2.28. The summed E-state index contributed by atoms with van der Waals surface area (Å²) in [6.07, 6.45) is 2.92. The first-order chi connectivity index (χ1) is 10.8. The van der Waals surface area contributed by atoms with E-state index in [4.69, 9.17) is 0 Å². The van der Waals surface area contributed by atoms with Gasteiger partial charge in [0.05, 0.1) is 18.5 Å². The first-order valence-corrected chi connectivity index (χ1v) is 9.25. The lowest BCUT2D eigenvalue weighted by molar-refractivity contribution is -0.122. The maximum atomic E-state index is 12.0. The molecule has 0 aromatic heterocycles. The molecule has 7 nitrogen and oxygen atoms in total. The number of hydrogen-bond acceptors (Lipinski definition) is 4. The molecule has 0 bridgehead atoms. The summed E-state index contributed by atoms with van der Waals surface area (Å²) in [5, 5.41) is 5.37. The zero-order valence-electron chi connectivity index (χ0n) is 13.2. The second kappa shape index (κ2) is 6.99. The monoisotopic (exact) mass is 339 g/mol. The molecule has 2 N–H and O–H groups in total. The number of amides is 2. The van der Waals surface area contributed by atoms with Crippen molar-refractivity contribution in [3.05, 3.63) is 24.3 Å². The standard InChI is InChI=1S/C15H21N3O4S/c1-11(19)17-13-4-3-5-14(10-13)18(23(2,21)22)9-8-16-15(20)12-6-7-12/h3-5,10,12H,6-9H2,1-2H3,(H,16,20)(H,17,19). The first-order valence-electron chi connectivity index (χ1n) is 7.40. The Balaban J connectivity index is 2.08. The van der Waals surface area contributed by atoms with E-state index >= 15 is 0 Å². The second-order valence-corrected chi connectivity index (χ2v) is 7.54. The number of nitrogens with zero attached hydrogens (tertiary/aromatic N) is 1. The molecule has 8 heteroatoms. The average Bonchev–Trinajstić information content (AvgIpc) is 3.26. The van der Waals surface area contributed by atoms with Gasteiger partial charge in [0.1, 0.15) is 0 Å². The Hall–Kier alpha value is -2.09. The van der Waals surface area contributed by atoms with Crippen LogP contribution in [0.2, 0.25) is 0 Å². The van der Waals surface area contributed by atoms with Crippen LogP contribution in [0.1, 0.15) is 19.8 Å². The molecule has 0 spiro atoms. The molecule has 1 aromatic carbocycles. The Morgan fingerprint density at radius 2 is 2.00 bits per heavy atom. The molecule has 0 radical (unpaired) electrons. The molecule has 1 saturated carbocycles. The molecule has 23 heavy (non-hydrogen) atoms. The molecule has 2 amide bonds. The fraction of sp³-hybridized carbons (Fsp3) is 0.467. The lowest BCUT2D eigenvalue weighted by Crippen LogP contribution is -2.38. The maximum Gasteiger partial charge on any atom is 0.232 e. The van der Waals surface area contributed by atoms with Crippen LogP contribution in [0.4, 0.5) is 11.4 Å². The molecule has 126 valence electrons. The zero-order valence-corrected chi connectivity index (χ0v) is 14.0. The van der Waals surface area contributed by atoms with Crippen LogP contribution in [0.25, 0.3) is 0 Å². The molecule has 2 rings (SSSR count). The molecule has 1 aromatic rings. The lowest BCUT2D eigenvalue weighted by atomic mass is 10.2. The van der Waals surface area contributed by atoms with Crippen molar-refractivity contribution in [3.8, 4) is 0 Å². The van der Waals surface area contributed by atoms with Gasteiger partial charge in [-0.25, -0.2) is 8.42 Å². The zero-order chi connectivity index (χ0) is 17.0. The van der Waals surface area contributed by atoms with Gasteiger partial charge in [-0.3, -0.25) is 13.9 Å². The van der Waals surface area contributed by atoms with Crippen LogP contribution in [0.15, 0.2) is 24.3 Å². The number of hydrogen-bond donors (Lipinski definition) is 2. The van der Waals surface area contributed by atoms with E-state index in [1.807, 2.05) is 0 Å². The summed E-state index contributed by atoms with van der Waals surface area (Å²) in [6.45, 7) is 1.77. The largest absolute Gasteiger partial charge is 0.354 e. The fourth-order valence-electron chi connectivity index (χ4n) is 2.20. The fourth-order valence-corrected chi connectivity index (χ4v) is 3.12. The number of anilines is 2. The van der Waals surface area contributed by atoms with Crippen LogP contribution in [0.5, 0.6) is 0 Å². The van der Waals surface area contributed by atoms with E-state index in [0.717, 1.165) is 19.1 Å². The maximum absolute atomic E-state index is 12.0. The lowest BCUT2D eigenvalue weighted by Gasteiger charge is -2.23. The summed E-state index contributed by atoms with van der Waals surface area (Å²) in [6, 6.07) is 6.59. The van der Waals surface area contributed by atoms with Gasteiger partial charge < -0.3 is 10.6 Å². The minimum atomic E-state index is -3.50. The van der Waals surface area contributed by atoms with E-state index in [9.17, 15) is 18.0 Å². The van der Waals surface area contributed by atoms with Gasteiger partial charge in [-0.15, -0.1) is 0 Å². The van der Waals surface area contributed by atoms with Crippen LogP contribution < -0.4 is 14.9 Å². The van der Waals surface area contributed by atoms with Crippen molar-refractivity contribution in [1.82, 2.24) is 5.32 Å².